The number of Topliss-reactive ketones (excluding diaryl/α,β-unsaturated/α-hetero) is 1. The van der Waals surface area contributed by atoms with Gasteiger partial charge in [0, 0.05) is 18.2 Å². The molecule has 82 valence electrons. The molecule has 0 saturated carbocycles. The van der Waals surface area contributed by atoms with E-state index in [1.165, 1.54) is 0 Å². The van der Waals surface area contributed by atoms with Crippen molar-refractivity contribution in [3.05, 3.63) is 47.8 Å². The summed E-state index contributed by atoms with van der Waals surface area (Å²) < 4.78 is 1.78. The molecular formula is C13H14N2O. The topological polar surface area (TPSA) is 34.9 Å². The average molecular weight is 214 g/mol. The Labute approximate surface area is 94.7 Å². The molecule has 16 heavy (non-hydrogen) atoms. The largest absolute Gasteiger partial charge is 0.294 e. The molecule has 0 bridgehead atoms. The second-order valence-corrected chi connectivity index (χ2v) is 3.73. The Bertz CT molecular complexity index is 514. The zero-order valence-corrected chi connectivity index (χ0v) is 9.47. The monoisotopic (exact) mass is 214 g/mol. The Kier molecular flexibility index (Phi) is 2.86. The molecule has 0 atom stereocenters. The summed E-state index contributed by atoms with van der Waals surface area (Å²) in [6, 6.07) is 9.48. The van der Waals surface area contributed by atoms with Gasteiger partial charge in [0.05, 0.1) is 11.4 Å². The number of nitrogens with zero attached hydrogens (tertiary/aromatic N) is 2. The van der Waals surface area contributed by atoms with Gasteiger partial charge in [-0.2, -0.15) is 5.10 Å². The van der Waals surface area contributed by atoms with Gasteiger partial charge in [0.1, 0.15) is 0 Å². The first-order valence-electron chi connectivity index (χ1n) is 5.36. The van der Waals surface area contributed by atoms with Crippen molar-refractivity contribution in [1.82, 2.24) is 9.78 Å². The van der Waals surface area contributed by atoms with E-state index in [-0.39, 0.29) is 5.78 Å². The van der Waals surface area contributed by atoms with E-state index in [2.05, 4.69) is 5.10 Å². The van der Waals surface area contributed by atoms with Gasteiger partial charge in [-0.3, -0.25) is 4.79 Å². The lowest BCUT2D eigenvalue weighted by molar-refractivity contribution is 0.0988. The maximum Gasteiger partial charge on any atom is 0.162 e. The Morgan fingerprint density at radius 1 is 1.38 bits per heavy atom. The summed E-state index contributed by atoms with van der Waals surface area (Å²) in [6.45, 7) is 3.81. The van der Waals surface area contributed by atoms with Crippen LogP contribution in [-0.4, -0.2) is 15.6 Å². The van der Waals surface area contributed by atoms with Crippen LogP contribution in [0, 0.1) is 6.92 Å². The van der Waals surface area contributed by atoms with Gasteiger partial charge in [-0.25, -0.2) is 4.68 Å². The van der Waals surface area contributed by atoms with Crippen LogP contribution in [-0.2, 0) is 0 Å². The standard InChI is InChI=1S/C13H14N2O/c1-3-13(16)11-5-4-6-12(9-11)15-8-7-10(2)14-15/h4-9H,3H2,1-2H3. The highest BCUT2D eigenvalue weighted by Gasteiger charge is 2.05. The highest BCUT2D eigenvalue weighted by molar-refractivity contribution is 5.96. The molecule has 0 fully saturated rings. The van der Waals surface area contributed by atoms with Gasteiger partial charge in [0.15, 0.2) is 5.78 Å². The summed E-state index contributed by atoms with van der Waals surface area (Å²) >= 11 is 0. The van der Waals surface area contributed by atoms with Crippen LogP contribution < -0.4 is 0 Å². The molecule has 1 aromatic carbocycles. The summed E-state index contributed by atoms with van der Waals surface area (Å²) in [5, 5.41) is 4.31. The number of aromatic nitrogens is 2. The molecule has 0 radical (unpaired) electrons. The molecule has 0 aliphatic heterocycles. The van der Waals surface area contributed by atoms with Gasteiger partial charge in [-0.15, -0.1) is 0 Å². The fourth-order valence-corrected chi connectivity index (χ4v) is 1.58. The quantitative estimate of drug-likeness (QED) is 0.736. The van der Waals surface area contributed by atoms with Crippen molar-refractivity contribution in [3.63, 3.8) is 0 Å². The lowest BCUT2D eigenvalue weighted by atomic mass is 10.1. The molecular weight excluding hydrogens is 200 g/mol. The normalized spacial score (nSPS) is 10.4. The van der Waals surface area contributed by atoms with Gasteiger partial charge in [0.2, 0.25) is 0 Å². The summed E-state index contributed by atoms with van der Waals surface area (Å²) in [4.78, 5) is 11.6. The smallest absolute Gasteiger partial charge is 0.162 e. The van der Waals surface area contributed by atoms with Crippen LogP contribution in [0.5, 0.6) is 0 Å². The van der Waals surface area contributed by atoms with Gasteiger partial charge in [-0.05, 0) is 25.1 Å². The van der Waals surface area contributed by atoms with Crippen LogP contribution in [0.4, 0.5) is 0 Å². The zero-order chi connectivity index (χ0) is 11.5. The van der Waals surface area contributed by atoms with Crippen LogP contribution in [0.3, 0.4) is 0 Å². The first kappa shape index (κ1) is 10.6. The van der Waals surface area contributed by atoms with E-state index in [1.54, 1.807) is 4.68 Å². The molecule has 2 rings (SSSR count). The summed E-state index contributed by atoms with van der Waals surface area (Å²) in [5.41, 5.74) is 2.63. The number of benzene rings is 1. The third-order valence-corrected chi connectivity index (χ3v) is 2.48. The fourth-order valence-electron chi connectivity index (χ4n) is 1.58. The Morgan fingerprint density at radius 3 is 2.81 bits per heavy atom. The van der Waals surface area contributed by atoms with Crippen LogP contribution in [0.1, 0.15) is 29.4 Å². The van der Waals surface area contributed by atoms with E-state index >= 15 is 0 Å². The molecule has 0 spiro atoms. The molecule has 0 aliphatic rings. The number of ketones is 1. The zero-order valence-electron chi connectivity index (χ0n) is 9.47. The molecule has 0 unspecified atom stereocenters. The second-order valence-electron chi connectivity index (χ2n) is 3.73. The highest BCUT2D eigenvalue weighted by atomic mass is 16.1. The van der Waals surface area contributed by atoms with Gasteiger partial charge >= 0.3 is 0 Å². The molecule has 0 aliphatic carbocycles. The van der Waals surface area contributed by atoms with Crippen LogP contribution in [0.2, 0.25) is 0 Å². The minimum atomic E-state index is 0.158. The minimum Gasteiger partial charge on any atom is -0.294 e. The van der Waals surface area contributed by atoms with E-state index in [4.69, 9.17) is 0 Å². The Hall–Kier alpha value is -1.90. The average Bonchev–Trinajstić information content (AvgIpc) is 2.75. The number of carbonyl (C=O) groups excluding carboxylic acids is 1. The van der Waals surface area contributed by atoms with Crippen LogP contribution in [0.15, 0.2) is 36.5 Å². The van der Waals surface area contributed by atoms with Crippen molar-refractivity contribution in [2.75, 3.05) is 0 Å². The fraction of sp³-hybridized carbons (Fsp3) is 0.231. The van der Waals surface area contributed by atoms with Crippen LogP contribution in [0.25, 0.3) is 5.69 Å². The van der Waals surface area contributed by atoms with E-state index in [9.17, 15) is 4.79 Å². The van der Waals surface area contributed by atoms with Crippen molar-refractivity contribution in [2.45, 2.75) is 20.3 Å². The first-order valence-corrected chi connectivity index (χ1v) is 5.36. The number of aryl methyl sites for hydroxylation is 1. The molecule has 3 heteroatoms. The van der Waals surface area contributed by atoms with Gasteiger partial charge < -0.3 is 0 Å². The van der Waals surface area contributed by atoms with E-state index in [1.807, 2.05) is 50.4 Å². The molecule has 3 nitrogen and oxygen atoms in total. The van der Waals surface area contributed by atoms with Crippen molar-refractivity contribution >= 4 is 5.78 Å². The molecule has 1 aromatic heterocycles. The van der Waals surface area contributed by atoms with E-state index in [0.29, 0.717) is 6.42 Å². The van der Waals surface area contributed by atoms with Crippen molar-refractivity contribution in [2.24, 2.45) is 0 Å². The number of carbonyl (C=O) groups is 1. The van der Waals surface area contributed by atoms with Gasteiger partial charge in [0.25, 0.3) is 0 Å². The third-order valence-electron chi connectivity index (χ3n) is 2.48. The SMILES string of the molecule is CCC(=O)c1cccc(-n2ccc(C)n2)c1. The summed E-state index contributed by atoms with van der Waals surface area (Å²) in [6.07, 6.45) is 2.42. The number of hydrogen-bond acceptors (Lipinski definition) is 2. The molecule has 2 aromatic rings. The van der Waals surface area contributed by atoms with Crippen molar-refractivity contribution in [3.8, 4) is 5.69 Å². The lowest BCUT2D eigenvalue weighted by Crippen LogP contribution is -2.00. The summed E-state index contributed by atoms with van der Waals surface area (Å²) in [5.74, 6) is 0.158. The number of rotatable bonds is 3. The van der Waals surface area contributed by atoms with Gasteiger partial charge in [-0.1, -0.05) is 19.1 Å². The maximum absolute atomic E-state index is 11.6. The molecule has 1 heterocycles. The van der Waals surface area contributed by atoms with Crippen LogP contribution >= 0.6 is 0 Å². The summed E-state index contributed by atoms with van der Waals surface area (Å²) in [7, 11) is 0. The lowest BCUT2D eigenvalue weighted by Gasteiger charge is -2.03. The Morgan fingerprint density at radius 2 is 2.19 bits per heavy atom. The molecule has 0 N–H and O–H groups in total. The van der Waals surface area contributed by atoms with E-state index < -0.39 is 0 Å². The van der Waals surface area contributed by atoms with Crippen molar-refractivity contribution < 1.29 is 4.79 Å². The number of hydrogen-bond donors (Lipinski definition) is 0. The minimum absolute atomic E-state index is 0.158. The molecule has 0 saturated heterocycles. The van der Waals surface area contributed by atoms with Crippen molar-refractivity contribution in [1.29, 1.82) is 0 Å². The predicted molar refractivity (Wildman–Crippen MR) is 62.9 cm³/mol. The highest BCUT2D eigenvalue weighted by Crippen LogP contribution is 2.11. The second kappa shape index (κ2) is 4.31. The molecule has 0 amide bonds. The van der Waals surface area contributed by atoms with E-state index in [0.717, 1.165) is 16.9 Å². The predicted octanol–water partition coefficient (Wildman–Crippen LogP) is 2.77. The third kappa shape index (κ3) is 2.03. The maximum atomic E-state index is 11.6. The Balaban J connectivity index is 2.39. The first-order chi connectivity index (χ1) is 7.70.